The highest BCUT2D eigenvalue weighted by molar-refractivity contribution is 7.92. The third-order valence-corrected chi connectivity index (χ3v) is 4.39. The van der Waals surface area contributed by atoms with Gasteiger partial charge < -0.3 is 5.32 Å². The molecule has 0 aliphatic heterocycles. The summed E-state index contributed by atoms with van der Waals surface area (Å²) in [5.74, 6) is -0.350. The minimum atomic E-state index is -3.61. The average Bonchev–Trinajstić information content (AvgIpc) is 2.36. The summed E-state index contributed by atoms with van der Waals surface area (Å²) in [6.07, 6.45) is 1.44. The molecule has 0 aliphatic carbocycles. The molecule has 1 aromatic carbocycles. The van der Waals surface area contributed by atoms with Gasteiger partial charge in [-0.3, -0.25) is 9.10 Å². The Morgan fingerprint density at radius 3 is 2.50 bits per heavy atom. The van der Waals surface area contributed by atoms with Crippen LogP contribution in [-0.4, -0.2) is 33.7 Å². The molecule has 0 saturated carbocycles. The van der Waals surface area contributed by atoms with Crippen molar-refractivity contribution in [2.75, 3.05) is 17.6 Å². The van der Waals surface area contributed by atoms with Gasteiger partial charge in [-0.05, 0) is 31.0 Å². The number of nitrogens with one attached hydrogen (secondary N) is 1. The zero-order valence-corrected chi connectivity index (χ0v) is 13.5. The Morgan fingerprint density at radius 2 is 2.05 bits per heavy atom. The van der Waals surface area contributed by atoms with E-state index in [1.54, 1.807) is 32.0 Å². The van der Waals surface area contributed by atoms with Crippen molar-refractivity contribution in [3.63, 3.8) is 0 Å². The van der Waals surface area contributed by atoms with Crippen LogP contribution in [0.25, 0.3) is 0 Å². The van der Waals surface area contributed by atoms with Gasteiger partial charge in [0.2, 0.25) is 15.9 Å². The largest absolute Gasteiger partial charge is 0.357 e. The predicted molar refractivity (Wildman–Crippen MR) is 81.7 cm³/mol. The van der Waals surface area contributed by atoms with Crippen LogP contribution in [0, 0.1) is 6.92 Å². The summed E-state index contributed by atoms with van der Waals surface area (Å²) in [7, 11) is -2.13. The Balaban J connectivity index is 3.47. The summed E-state index contributed by atoms with van der Waals surface area (Å²) in [5, 5.41) is 2.92. The first-order valence-electron chi connectivity index (χ1n) is 6.19. The molecule has 1 atom stereocenters. The smallest absolute Gasteiger partial charge is 0.243 e. The quantitative estimate of drug-likeness (QED) is 0.902. The molecule has 0 radical (unpaired) electrons. The second-order valence-electron chi connectivity index (χ2n) is 4.53. The zero-order chi connectivity index (χ0) is 15.5. The van der Waals surface area contributed by atoms with Crippen molar-refractivity contribution in [2.45, 2.75) is 26.3 Å². The van der Waals surface area contributed by atoms with Crippen molar-refractivity contribution in [1.82, 2.24) is 5.32 Å². The molecule has 0 bridgehead atoms. The van der Waals surface area contributed by atoms with Gasteiger partial charge in [-0.1, -0.05) is 24.6 Å². The standard InChI is InChI=1S/C13H19ClN2O3S/c1-5-11(13(17)15-3)16(20(4,18)19)12-8-10(14)7-6-9(12)2/h6-8,11H,5H2,1-4H3,(H,15,17)/t11-/m0/s1. The second kappa shape index (κ2) is 6.45. The van der Waals surface area contributed by atoms with Crippen LogP contribution >= 0.6 is 11.6 Å². The number of rotatable bonds is 5. The SMILES string of the molecule is CC[C@@H](C(=O)NC)N(c1cc(Cl)ccc1C)S(C)(=O)=O. The van der Waals surface area contributed by atoms with E-state index in [0.717, 1.165) is 16.1 Å². The number of benzene rings is 1. The molecular formula is C13H19ClN2O3S. The molecular weight excluding hydrogens is 300 g/mol. The van der Waals surface area contributed by atoms with Gasteiger partial charge in [0.25, 0.3) is 0 Å². The van der Waals surface area contributed by atoms with Gasteiger partial charge in [-0.2, -0.15) is 0 Å². The predicted octanol–water partition coefficient (Wildman–Crippen LogP) is 1.94. The lowest BCUT2D eigenvalue weighted by Gasteiger charge is -2.31. The third-order valence-electron chi connectivity index (χ3n) is 2.98. The number of nitrogens with zero attached hydrogens (tertiary/aromatic N) is 1. The summed E-state index contributed by atoms with van der Waals surface area (Å²) in [6, 6.07) is 4.17. The van der Waals surface area contributed by atoms with Crippen LogP contribution in [-0.2, 0) is 14.8 Å². The Morgan fingerprint density at radius 1 is 1.45 bits per heavy atom. The Labute approximate surface area is 125 Å². The topological polar surface area (TPSA) is 66.5 Å². The fourth-order valence-corrected chi connectivity index (χ4v) is 3.45. The molecule has 0 aliphatic rings. The summed E-state index contributed by atoms with van der Waals surface area (Å²) < 4.78 is 25.4. The van der Waals surface area contributed by atoms with Crippen LogP contribution in [0.3, 0.4) is 0 Å². The van der Waals surface area contributed by atoms with E-state index in [1.165, 1.54) is 7.05 Å². The number of amides is 1. The molecule has 0 unspecified atom stereocenters. The van der Waals surface area contributed by atoms with Gasteiger partial charge >= 0.3 is 0 Å². The lowest BCUT2D eigenvalue weighted by Crippen LogP contribution is -2.48. The summed E-state index contributed by atoms with van der Waals surface area (Å²) >= 11 is 5.95. The molecule has 20 heavy (non-hydrogen) atoms. The molecule has 1 amide bonds. The van der Waals surface area contributed by atoms with Crippen LogP contribution in [0.4, 0.5) is 5.69 Å². The van der Waals surface area contributed by atoms with Gasteiger partial charge in [0.15, 0.2) is 0 Å². The number of anilines is 1. The third kappa shape index (κ3) is 3.64. The fourth-order valence-electron chi connectivity index (χ4n) is 2.02. The maximum Gasteiger partial charge on any atom is 0.243 e. The Kier molecular flexibility index (Phi) is 5.42. The monoisotopic (exact) mass is 318 g/mol. The van der Waals surface area contributed by atoms with Crippen molar-refractivity contribution >= 4 is 33.2 Å². The highest BCUT2D eigenvalue weighted by Crippen LogP contribution is 2.29. The lowest BCUT2D eigenvalue weighted by atomic mass is 10.1. The van der Waals surface area contributed by atoms with Gasteiger partial charge in [-0.15, -0.1) is 0 Å². The lowest BCUT2D eigenvalue weighted by molar-refractivity contribution is -0.121. The zero-order valence-electron chi connectivity index (χ0n) is 12.0. The minimum absolute atomic E-state index is 0.350. The van der Waals surface area contributed by atoms with Crippen LogP contribution in [0.5, 0.6) is 0 Å². The van der Waals surface area contributed by atoms with E-state index >= 15 is 0 Å². The maximum atomic E-state index is 12.1. The van der Waals surface area contributed by atoms with E-state index < -0.39 is 16.1 Å². The van der Waals surface area contributed by atoms with Gasteiger partial charge in [-0.25, -0.2) is 8.42 Å². The number of likely N-dealkylation sites (N-methyl/N-ethyl adjacent to an activating group) is 1. The van der Waals surface area contributed by atoms with E-state index in [9.17, 15) is 13.2 Å². The van der Waals surface area contributed by atoms with Crippen LogP contribution in [0.2, 0.25) is 5.02 Å². The normalized spacial score (nSPS) is 12.8. The van der Waals surface area contributed by atoms with Crippen LogP contribution < -0.4 is 9.62 Å². The number of halogens is 1. The summed E-state index contributed by atoms with van der Waals surface area (Å²) in [6.45, 7) is 3.54. The molecule has 1 aromatic rings. The first-order chi connectivity index (χ1) is 9.22. The van der Waals surface area contributed by atoms with Crippen LogP contribution in [0.1, 0.15) is 18.9 Å². The molecule has 0 aromatic heterocycles. The first kappa shape index (κ1) is 16.8. The number of hydrogen-bond acceptors (Lipinski definition) is 3. The Hall–Kier alpha value is -1.27. The average molecular weight is 319 g/mol. The van der Waals surface area contributed by atoms with E-state index in [-0.39, 0.29) is 5.91 Å². The van der Waals surface area contributed by atoms with E-state index in [2.05, 4.69) is 5.32 Å². The highest BCUT2D eigenvalue weighted by Gasteiger charge is 2.31. The summed E-state index contributed by atoms with van der Waals surface area (Å²) in [4.78, 5) is 12.0. The number of carbonyl (C=O) groups is 1. The molecule has 112 valence electrons. The van der Waals surface area contributed by atoms with Gasteiger partial charge in [0.1, 0.15) is 6.04 Å². The van der Waals surface area contributed by atoms with Crippen molar-refractivity contribution < 1.29 is 13.2 Å². The molecule has 0 spiro atoms. The van der Waals surface area contributed by atoms with E-state index in [0.29, 0.717) is 17.1 Å². The van der Waals surface area contributed by atoms with Crippen molar-refractivity contribution in [3.05, 3.63) is 28.8 Å². The number of aryl methyl sites for hydroxylation is 1. The van der Waals surface area contributed by atoms with E-state index in [4.69, 9.17) is 11.6 Å². The number of sulfonamides is 1. The molecule has 5 nitrogen and oxygen atoms in total. The molecule has 1 N–H and O–H groups in total. The van der Waals surface area contributed by atoms with Crippen molar-refractivity contribution in [2.24, 2.45) is 0 Å². The van der Waals surface area contributed by atoms with Crippen molar-refractivity contribution in [1.29, 1.82) is 0 Å². The fraction of sp³-hybridized carbons (Fsp3) is 0.462. The number of carbonyl (C=O) groups excluding carboxylic acids is 1. The second-order valence-corrected chi connectivity index (χ2v) is 6.82. The van der Waals surface area contributed by atoms with Crippen molar-refractivity contribution in [3.8, 4) is 0 Å². The summed E-state index contributed by atoms with van der Waals surface area (Å²) in [5.41, 5.74) is 1.16. The number of hydrogen-bond donors (Lipinski definition) is 1. The molecule has 0 fully saturated rings. The molecule has 1 rings (SSSR count). The molecule has 0 saturated heterocycles. The molecule has 7 heteroatoms. The van der Waals surface area contributed by atoms with Crippen LogP contribution in [0.15, 0.2) is 18.2 Å². The first-order valence-corrected chi connectivity index (χ1v) is 8.42. The van der Waals surface area contributed by atoms with Gasteiger partial charge in [0.05, 0.1) is 11.9 Å². The van der Waals surface area contributed by atoms with Gasteiger partial charge in [0, 0.05) is 12.1 Å². The highest BCUT2D eigenvalue weighted by atomic mass is 35.5. The maximum absolute atomic E-state index is 12.1. The molecule has 0 heterocycles. The minimum Gasteiger partial charge on any atom is -0.357 e. The Bertz CT molecular complexity index is 602. The van der Waals surface area contributed by atoms with E-state index in [1.807, 2.05) is 0 Å².